The number of amides is 1. The zero-order chi connectivity index (χ0) is 14.8. The van der Waals surface area contributed by atoms with Crippen LogP contribution in [0.1, 0.15) is 10.5 Å². The fourth-order valence-corrected chi connectivity index (χ4v) is 2.60. The van der Waals surface area contributed by atoms with E-state index in [4.69, 9.17) is 5.73 Å². The van der Waals surface area contributed by atoms with Crippen LogP contribution in [0.3, 0.4) is 0 Å². The van der Waals surface area contributed by atoms with Crippen LogP contribution in [0, 0.1) is 0 Å². The number of carbonyl (C=O) groups excluding carboxylic acids is 1. The molecule has 0 radical (unpaired) electrons. The molecule has 1 amide bonds. The Balaban J connectivity index is 1.84. The molecule has 0 aliphatic carbocycles. The van der Waals surface area contributed by atoms with Gasteiger partial charge in [0.05, 0.1) is 5.69 Å². The van der Waals surface area contributed by atoms with Crippen molar-refractivity contribution in [3.63, 3.8) is 0 Å². The maximum atomic E-state index is 12.2. The number of thiazole rings is 1. The summed E-state index contributed by atoms with van der Waals surface area (Å²) in [5.74, 6) is -0.329. The van der Waals surface area contributed by atoms with Crippen molar-refractivity contribution in [3.05, 3.63) is 47.7 Å². The fraction of sp³-hybridized carbons (Fsp3) is 0.0714. The van der Waals surface area contributed by atoms with Crippen LogP contribution < -0.4 is 11.1 Å². The first kappa shape index (κ1) is 13.3. The van der Waals surface area contributed by atoms with Gasteiger partial charge in [-0.05, 0) is 12.1 Å². The predicted molar refractivity (Wildman–Crippen MR) is 83.1 cm³/mol. The van der Waals surface area contributed by atoms with Crippen molar-refractivity contribution in [2.24, 2.45) is 7.05 Å². The Morgan fingerprint density at radius 1 is 1.43 bits per heavy atom. The van der Waals surface area contributed by atoms with E-state index in [1.165, 1.54) is 4.68 Å². The maximum absolute atomic E-state index is 12.2. The molecular formula is C14H13N5OS. The van der Waals surface area contributed by atoms with Gasteiger partial charge >= 0.3 is 0 Å². The van der Waals surface area contributed by atoms with E-state index in [9.17, 15) is 4.79 Å². The normalized spacial score (nSPS) is 10.5. The Labute approximate surface area is 125 Å². The number of rotatable bonds is 3. The lowest BCUT2D eigenvalue weighted by molar-refractivity contribution is 0.102. The number of carbonyl (C=O) groups is 1. The molecule has 0 atom stereocenters. The number of aromatic nitrogens is 3. The monoisotopic (exact) mass is 299 g/mol. The Kier molecular flexibility index (Phi) is 3.41. The number of nitrogens with one attached hydrogen (secondary N) is 1. The third-order valence-electron chi connectivity index (χ3n) is 2.87. The third-order valence-corrected chi connectivity index (χ3v) is 3.69. The van der Waals surface area contributed by atoms with Gasteiger partial charge in [0, 0.05) is 36.1 Å². The minimum atomic E-state index is -0.329. The third kappa shape index (κ3) is 2.77. The highest BCUT2D eigenvalue weighted by molar-refractivity contribution is 7.13. The molecule has 0 bridgehead atoms. The summed E-state index contributed by atoms with van der Waals surface area (Å²) in [6.07, 6.45) is 3.35. The number of hydrogen-bond donors (Lipinski definition) is 2. The van der Waals surface area contributed by atoms with Gasteiger partial charge in [0.15, 0.2) is 5.69 Å². The second-order valence-corrected chi connectivity index (χ2v) is 5.37. The summed E-state index contributed by atoms with van der Waals surface area (Å²) in [7, 11) is 1.72. The smallest absolute Gasteiger partial charge is 0.278 e. The van der Waals surface area contributed by atoms with E-state index in [1.807, 2.05) is 29.6 Å². The number of nitrogens with zero attached hydrogens (tertiary/aromatic N) is 3. The molecule has 3 N–H and O–H groups in total. The van der Waals surface area contributed by atoms with Gasteiger partial charge in [-0.2, -0.15) is 5.10 Å². The quantitative estimate of drug-likeness (QED) is 0.777. The zero-order valence-corrected chi connectivity index (χ0v) is 12.1. The van der Waals surface area contributed by atoms with Gasteiger partial charge in [-0.3, -0.25) is 9.48 Å². The van der Waals surface area contributed by atoms with Crippen LogP contribution in [0.4, 0.5) is 11.4 Å². The molecule has 1 aromatic carbocycles. The number of nitrogen functional groups attached to an aromatic ring is 1. The predicted octanol–water partition coefficient (Wildman–Crippen LogP) is 2.38. The van der Waals surface area contributed by atoms with Crippen LogP contribution in [0.15, 0.2) is 42.0 Å². The standard InChI is InChI=1S/C14H13N5OS/c1-19-8-11(15)12(18-19)13(20)17-10-4-2-3-9(7-10)14-16-5-6-21-14/h2-8H,15H2,1H3,(H,17,20). The molecule has 0 fully saturated rings. The minimum Gasteiger partial charge on any atom is -0.396 e. The summed E-state index contributed by atoms with van der Waals surface area (Å²) in [6, 6.07) is 7.50. The molecule has 0 aliphatic heterocycles. The molecule has 106 valence electrons. The van der Waals surface area contributed by atoms with Crippen molar-refractivity contribution >= 4 is 28.6 Å². The molecule has 3 rings (SSSR count). The lowest BCUT2D eigenvalue weighted by Gasteiger charge is -2.05. The number of aryl methyl sites for hydroxylation is 1. The zero-order valence-electron chi connectivity index (χ0n) is 11.3. The highest BCUT2D eigenvalue weighted by Gasteiger charge is 2.14. The molecule has 0 spiro atoms. The molecule has 2 aromatic heterocycles. The summed E-state index contributed by atoms with van der Waals surface area (Å²) < 4.78 is 1.51. The lowest BCUT2D eigenvalue weighted by atomic mass is 10.2. The lowest BCUT2D eigenvalue weighted by Crippen LogP contribution is -2.14. The van der Waals surface area contributed by atoms with E-state index in [-0.39, 0.29) is 11.6 Å². The van der Waals surface area contributed by atoms with Gasteiger partial charge in [-0.25, -0.2) is 4.98 Å². The number of anilines is 2. The molecule has 0 saturated carbocycles. The number of benzene rings is 1. The summed E-state index contributed by atoms with van der Waals surface area (Å²) in [5, 5.41) is 9.66. The van der Waals surface area contributed by atoms with Crippen LogP contribution >= 0.6 is 11.3 Å². The first-order valence-electron chi connectivity index (χ1n) is 6.24. The van der Waals surface area contributed by atoms with Crippen molar-refractivity contribution in [2.75, 3.05) is 11.1 Å². The summed E-state index contributed by atoms with van der Waals surface area (Å²) in [4.78, 5) is 16.4. The first-order chi connectivity index (χ1) is 10.1. The van der Waals surface area contributed by atoms with Gasteiger partial charge in [0.2, 0.25) is 0 Å². The molecule has 0 unspecified atom stereocenters. The largest absolute Gasteiger partial charge is 0.396 e. The molecular weight excluding hydrogens is 286 g/mol. The van der Waals surface area contributed by atoms with E-state index >= 15 is 0 Å². The van der Waals surface area contributed by atoms with Gasteiger partial charge in [0.25, 0.3) is 5.91 Å². The van der Waals surface area contributed by atoms with E-state index in [0.717, 1.165) is 10.6 Å². The van der Waals surface area contributed by atoms with E-state index in [1.54, 1.807) is 30.8 Å². The molecule has 21 heavy (non-hydrogen) atoms. The Morgan fingerprint density at radius 2 is 2.29 bits per heavy atom. The fourth-order valence-electron chi connectivity index (χ4n) is 1.97. The summed E-state index contributed by atoms with van der Waals surface area (Å²) in [5.41, 5.74) is 7.96. The molecule has 0 aliphatic rings. The van der Waals surface area contributed by atoms with E-state index in [0.29, 0.717) is 11.4 Å². The minimum absolute atomic E-state index is 0.220. The molecule has 6 nitrogen and oxygen atoms in total. The second-order valence-electron chi connectivity index (χ2n) is 4.48. The molecule has 7 heteroatoms. The average Bonchev–Trinajstić information content (AvgIpc) is 3.08. The highest BCUT2D eigenvalue weighted by Crippen LogP contribution is 2.24. The van der Waals surface area contributed by atoms with E-state index in [2.05, 4.69) is 15.4 Å². The molecule has 0 saturated heterocycles. The topological polar surface area (TPSA) is 85.8 Å². The van der Waals surface area contributed by atoms with Crippen LogP contribution in [0.25, 0.3) is 10.6 Å². The van der Waals surface area contributed by atoms with Crippen molar-refractivity contribution in [1.29, 1.82) is 0 Å². The summed E-state index contributed by atoms with van der Waals surface area (Å²) >= 11 is 1.55. The van der Waals surface area contributed by atoms with Crippen molar-refractivity contribution in [3.8, 4) is 10.6 Å². The number of nitrogens with two attached hydrogens (primary N) is 1. The first-order valence-corrected chi connectivity index (χ1v) is 7.12. The van der Waals surface area contributed by atoms with Crippen molar-refractivity contribution < 1.29 is 4.79 Å². The van der Waals surface area contributed by atoms with Crippen molar-refractivity contribution in [2.45, 2.75) is 0 Å². The molecule has 3 aromatic rings. The maximum Gasteiger partial charge on any atom is 0.278 e. The average molecular weight is 299 g/mol. The Hall–Kier alpha value is -2.67. The van der Waals surface area contributed by atoms with Gasteiger partial charge < -0.3 is 11.1 Å². The van der Waals surface area contributed by atoms with Gasteiger partial charge in [-0.15, -0.1) is 11.3 Å². The second kappa shape index (κ2) is 5.37. The van der Waals surface area contributed by atoms with Crippen LogP contribution in [0.5, 0.6) is 0 Å². The summed E-state index contributed by atoms with van der Waals surface area (Å²) in [6.45, 7) is 0. The van der Waals surface area contributed by atoms with Crippen LogP contribution in [0.2, 0.25) is 0 Å². The highest BCUT2D eigenvalue weighted by atomic mass is 32.1. The Bertz CT molecular complexity index is 779. The Morgan fingerprint density at radius 3 is 2.95 bits per heavy atom. The van der Waals surface area contributed by atoms with Crippen LogP contribution in [-0.4, -0.2) is 20.7 Å². The van der Waals surface area contributed by atoms with Gasteiger partial charge in [0.1, 0.15) is 5.01 Å². The number of hydrogen-bond acceptors (Lipinski definition) is 5. The van der Waals surface area contributed by atoms with E-state index < -0.39 is 0 Å². The van der Waals surface area contributed by atoms with Crippen molar-refractivity contribution in [1.82, 2.24) is 14.8 Å². The van der Waals surface area contributed by atoms with Crippen LogP contribution in [-0.2, 0) is 7.05 Å². The SMILES string of the molecule is Cn1cc(N)c(C(=O)Nc2cccc(-c3nccs3)c2)n1. The molecule has 2 heterocycles. The van der Waals surface area contributed by atoms with Gasteiger partial charge in [-0.1, -0.05) is 12.1 Å².